The van der Waals surface area contributed by atoms with E-state index in [4.69, 9.17) is 16.3 Å². The number of aromatic nitrogens is 1. The zero-order valence-corrected chi connectivity index (χ0v) is 10.8. The number of hydrogen-bond donors (Lipinski definition) is 0. The van der Waals surface area contributed by atoms with Crippen molar-refractivity contribution in [1.29, 1.82) is 0 Å². The number of amides is 1. The molecule has 1 fully saturated rings. The van der Waals surface area contributed by atoms with Crippen molar-refractivity contribution in [2.45, 2.75) is 18.9 Å². The quantitative estimate of drug-likeness (QED) is 0.789. The van der Waals surface area contributed by atoms with Crippen LogP contribution < -0.4 is 4.74 Å². The third kappa shape index (κ3) is 3.23. The molecule has 2 rings (SSSR count). The van der Waals surface area contributed by atoms with Gasteiger partial charge in [0.15, 0.2) is 0 Å². The number of hydrogen-bond acceptors (Lipinski definition) is 3. The van der Waals surface area contributed by atoms with Gasteiger partial charge in [0.2, 0.25) is 5.91 Å². The van der Waals surface area contributed by atoms with Gasteiger partial charge in [-0.15, -0.1) is 0 Å². The fraction of sp³-hybridized carbons (Fsp3) is 0.385. The summed E-state index contributed by atoms with van der Waals surface area (Å²) >= 11 is 5.84. The second-order valence-electron chi connectivity index (χ2n) is 4.19. The number of carbonyl (C=O) groups excluding carboxylic acids is 1. The maximum Gasteiger partial charge on any atom is 0.245 e. The lowest BCUT2D eigenvalue weighted by Crippen LogP contribution is -2.41. The van der Waals surface area contributed by atoms with Crippen LogP contribution in [0.5, 0.6) is 5.75 Å². The Kier molecular flexibility index (Phi) is 4.20. The lowest BCUT2D eigenvalue weighted by molar-refractivity contribution is -0.127. The highest BCUT2D eigenvalue weighted by Crippen LogP contribution is 2.21. The van der Waals surface area contributed by atoms with Crippen LogP contribution in [0.25, 0.3) is 0 Å². The van der Waals surface area contributed by atoms with Gasteiger partial charge < -0.3 is 9.64 Å². The maximum atomic E-state index is 11.4. The van der Waals surface area contributed by atoms with E-state index in [-0.39, 0.29) is 12.0 Å². The zero-order chi connectivity index (χ0) is 13.0. The summed E-state index contributed by atoms with van der Waals surface area (Å²) in [5.74, 6) is 0.661. The van der Waals surface area contributed by atoms with Gasteiger partial charge >= 0.3 is 0 Å². The van der Waals surface area contributed by atoms with Crippen molar-refractivity contribution in [3.8, 4) is 5.75 Å². The van der Waals surface area contributed by atoms with Gasteiger partial charge in [-0.3, -0.25) is 9.78 Å². The SMILES string of the molecule is C=CC(=O)N1CCC(Oc2cncc(Cl)c2)CC1. The summed E-state index contributed by atoms with van der Waals surface area (Å²) in [5, 5.41) is 0.562. The van der Waals surface area contributed by atoms with Crippen LogP contribution >= 0.6 is 11.6 Å². The van der Waals surface area contributed by atoms with Crippen LogP contribution in [0.4, 0.5) is 0 Å². The van der Waals surface area contributed by atoms with Gasteiger partial charge in [-0.1, -0.05) is 18.2 Å². The third-order valence-corrected chi connectivity index (χ3v) is 3.12. The zero-order valence-electron chi connectivity index (χ0n) is 10.0. The van der Waals surface area contributed by atoms with Crippen LogP contribution in [-0.2, 0) is 4.79 Å². The van der Waals surface area contributed by atoms with Crippen LogP contribution in [0.2, 0.25) is 5.02 Å². The van der Waals surface area contributed by atoms with Crippen LogP contribution in [0.1, 0.15) is 12.8 Å². The molecular weight excluding hydrogens is 252 g/mol. The van der Waals surface area contributed by atoms with E-state index >= 15 is 0 Å². The van der Waals surface area contributed by atoms with Gasteiger partial charge in [0.05, 0.1) is 11.2 Å². The molecular formula is C13H15ClN2O2. The van der Waals surface area contributed by atoms with Crippen LogP contribution in [0.3, 0.4) is 0 Å². The van der Waals surface area contributed by atoms with Gasteiger partial charge in [-0.2, -0.15) is 0 Å². The first kappa shape index (κ1) is 12.9. The number of carbonyl (C=O) groups is 1. The van der Waals surface area contributed by atoms with Crippen molar-refractivity contribution < 1.29 is 9.53 Å². The Labute approximate surface area is 111 Å². The summed E-state index contributed by atoms with van der Waals surface area (Å²) in [5.41, 5.74) is 0. The summed E-state index contributed by atoms with van der Waals surface area (Å²) in [6, 6.07) is 1.75. The standard InChI is InChI=1S/C13H15ClN2O2/c1-2-13(17)16-5-3-11(4-6-16)18-12-7-10(14)8-15-9-12/h2,7-9,11H,1,3-6H2. The van der Waals surface area contributed by atoms with E-state index in [0.717, 1.165) is 12.8 Å². The number of likely N-dealkylation sites (tertiary alicyclic amines) is 1. The molecule has 0 radical (unpaired) electrons. The van der Waals surface area contributed by atoms with Crippen LogP contribution in [-0.4, -0.2) is 35.0 Å². The van der Waals surface area contributed by atoms with Gasteiger partial charge in [0.1, 0.15) is 11.9 Å². The van der Waals surface area contributed by atoms with Crippen molar-refractivity contribution >= 4 is 17.5 Å². The molecule has 0 unspecified atom stereocenters. The molecule has 0 spiro atoms. The number of ether oxygens (including phenoxy) is 1. The number of rotatable bonds is 3. The molecule has 0 N–H and O–H groups in total. The van der Waals surface area contributed by atoms with Crippen LogP contribution in [0, 0.1) is 0 Å². The smallest absolute Gasteiger partial charge is 0.245 e. The largest absolute Gasteiger partial charge is 0.489 e. The van der Waals surface area contributed by atoms with Gasteiger partial charge in [0.25, 0.3) is 0 Å². The van der Waals surface area contributed by atoms with E-state index in [0.29, 0.717) is 23.9 Å². The fourth-order valence-corrected chi connectivity index (χ4v) is 2.14. The molecule has 1 saturated heterocycles. The van der Waals surface area contributed by atoms with E-state index < -0.39 is 0 Å². The normalized spacial score (nSPS) is 16.4. The first-order chi connectivity index (χ1) is 8.69. The molecule has 96 valence electrons. The minimum Gasteiger partial charge on any atom is -0.489 e. The number of nitrogens with zero attached hydrogens (tertiary/aromatic N) is 2. The molecule has 18 heavy (non-hydrogen) atoms. The molecule has 2 heterocycles. The predicted molar refractivity (Wildman–Crippen MR) is 69.7 cm³/mol. The molecule has 4 nitrogen and oxygen atoms in total. The first-order valence-electron chi connectivity index (χ1n) is 5.87. The van der Waals surface area contributed by atoms with E-state index in [9.17, 15) is 4.79 Å². The summed E-state index contributed by atoms with van der Waals surface area (Å²) < 4.78 is 5.79. The van der Waals surface area contributed by atoms with Gasteiger partial charge in [-0.05, 0) is 6.08 Å². The summed E-state index contributed by atoms with van der Waals surface area (Å²) in [6.45, 7) is 4.88. The number of pyridine rings is 1. The Hall–Kier alpha value is -1.55. The highest BCUT2D eigenvalue weighted by molar-refractivity contribution is 6.30. The number of halogens is 1. The molecule has 1 aliphatic heterocycles. The highest BCUT2D eigenvalue weighted by Gasteiger charge is 2.22. The van der Waals surface area contributed by atoms with E-state index in [1.165, 1.54) is 6.08 Å². The molecule has 0 aliphatic carbocycles. The summed E-state index contributed by atoms with van der Waals surface area (Å²) in [4.78, 5) is 17.2. The Balaban J connectivity index is 1.87. The fourth-order valence-electron chi connectivity index (χ4n) is 1.97. The Morgan fingerprint density at radius 3 is 2.83 bits per heavy atom. The average Bonchev–Trinajstić information content (AvgIpc) is 2.39. The van der Waals surface area contributed by atoms with E-state index in [1.807, 2.05) is 0 Å². The first-order valence-corrected chi connectivity index (χ1v) is 6.25. The molecule has 0 bridgehead atoms. The molecule has 0 aromatic carbocycles. The molecule has 0 atom stereocenters. The molecule has 1 aliphatic rings. The maximum absolute atomic E-state index is 11.4. The molecule has 1 aromatic heterocycles. The van der Waals surface area contributed by atoms with Crippen molar-refractivity contribution in [1.82, 2.24) is 9.88 Å². The summed E-state index contributed by atoms with van der Waals surface area (Å²) in [6.07, 6.45) is 6.30. The van der Waals surface area contributed by atoms with E-state index in [2.05, 4.69) is 11.6 Å². The molecule has 0 saturated carbocycles. The van der Waals surface area contributed by atoms with E-state index in [1.54, 1.807) is 23.4 Å². The minimum atomic E-state index is -0.0159. The minimum absolute atomic E-state index is 0.0159. The monoisotopic (exact) mass is 266 g/mol. The van der Waals surface area contributed by atoms with Crippen LogP contribution in [0.15, 0.2) is 31.1 Å². The Morgan fingerprint density at radius 2 is 2.22 bits per heavy atom. The van der Waals surface area contributed by atoms with Gasteiger partial charge in [0, 0.05) is 38.2 Å². The highest BCUT2D eigenvalue weighted by atomic mass is 35.5. The van der Waals surface area contributed by atoms with Crippen molar-refractivity contribution in [2.75, 3.05) is 13.1 Å². The topological polar surface area (TPSA) is 42.4 Å². The lowest BCUT2D eigenvalue weighted by Gasteiger charge is -2.31. The van der Waals surface area contributed by atoms with Crippen molar-refractivity contribution in [2.24, 2.45) is 0 Å². The Morgan fingerprint density at radius 1 is 1.50 bits per heavy atom. The summed E-state index contributed by atoms with van der Waals surface area (Å²) in [7, 11) is 0. The molecule has 1 aromatic rings. The second-order valence-corrected chi connectivity index (χ2v) is 4.62. The molecule has 1 amide bonds. The average molecular weight is 267 g/mol. The number of piperidine rings is 1. The van der Waals surface area contributed by atoms with Crippen molar-refractivity contribution in [3.05, 3.63) is 36.1 Å². The Bertz CT molecular complexity index is 442. The predicted octanol–water partition coefficient (Wildman–Crippen LogP) is 2.29. The second kappa shape index (κ2) is 5.87. The lowest BCUT2D eigenvalue weighted by atomic mass is 10.1. The third-order valence-electron chi connectivity index (χ3n) is 2.91. The molecule has 5 heteroatoms. The van der Waals surface area contributed by atoms with Gasteiger partial charge in [-0.25, -0.2) is 0 Å². The van der Waals surface area contributed by atoms with Crippen molar-refractivity contribution in [3.63, 3.8) is 0 Å².